The molecule has 0 aromatic heterocycles. The topological polar surface area (TPSA) is 69.6 Å². The smallest absolute Gasteiger partial charge is 0.254 e. The molecule has 1 aromatic rings. The molecule has 0 aliphatic heterocycles. The van der Waals surface area contributed by atoms with Crippen molar-refractivity contribution in [1.82, 2.24) is 5.32 Å². The van der Waals surface area contributed by atoms with Crippen molar-refractivity contribution >= 4 is 29.1 Å². The summed E-state index contributed by atoms with van der Waals surface area (Å²) in [6, 6.07) is 3.97. The van der Waals surface area contributed by atoms with Gasteiger partial charge in [0.05, 0.1) is 34.9 Å². The first-order valence-electron chi connectivity index (χ1n) is 4.56. The molecule has 0 atom stereocenters. The zero-order chi connectivity index (χ0) is 12.1. The Balaban J connectivity index is 2.88. The van der Waals surface area contributed by atoms with E-state index in [1.807, 2.05) is 0 Å². The lowest BCUT2D eigenvalue weighted by Crippen LogP contribution is -2.40. The molecule has 0 unspecified atom stereocenters. The molecule has 4 nitrogen and oxygen atoms in total. The molecule has 0 saturated carbocycles. The van der Waals surface area contributed by atoms with E-state index >= 15 is 0 Å². The summed E-state index contributed by atoms with van der Waals surface area (Å²) in [5.41, 5.74) is 0.137. The van der Waals surface area contributed by atoms with Crippen molar-refractivity contribution in [3.8, 4) is 0 Å². The van der Waals surface area contributed by atoms with Gasteiger partial charge in [-0.05, 0) is 12.1 Å². The van der Waals surface area contributed by atoms with Crippen LogP contribution < -0.4 is 5.32 Å². The van der Waals surface area contributed by atoms with Crippen LogP contribution in [0.4, 0.5) is 0 Å². The summed E-state index contributed by atoms with van der Waals surface area (Å²) in [6.45, 7) is -0.714. The number of hydrogen-bond acceptors (Lipinski definition) is 3. The Labute approximate surface area is 103 Å². The lowest BCUT2D eigenvalue weighted by molar-refractivity contribution is 0.0879. The lowest BCUT2D eigenvalue weighted by atomic mass is 10.2. The maximum absolute atomic E-state index is 11.7. The number of benzene rings is 1. The quantitative estimate of drug-likeness (QED) is 0.762. The van der Waals surface area contributed by atoms with E-state index in [2.05, 4.69) is 5.32 Å². The van der Waals surface area contributed by atoms with Gasteiger partial charge in [-0.2, -0.15) is 0 Å². The average Bonchev–Trinajstić information content (AvgIpc) is 2.25. The normalized spacial score (nSPS) is 10.6. The summed E-state index contributed by atoms with van der Waals surface area (Å²) < 4.78 is 0. The number of aliphatic hydroxyl groups excluding tert-OH is 2. The second-order valence-corrected chi connectivity index (χ2v) is 3.95. The van der Waals surface area contributed by atoms with E-state index < -0.39 is 11.9 Å². The molecule has 0 saturated heterocycles. The molecule has 0 heterocycles. The molecule has 0 radical (unpaired) electrons. The van der Waals surface area contributed by atoms with Crippen LogP contribution in [-0.4, -0.2) is 35.4 Å². The van der Waals surface area contributed by atoms with Crippen molar-refractivity contribution in [2.75, 3.05) is 13.2 Å². The highest BCUT2D eigenvalue weighted by molar-refractivity contribution is 6.39. The van der Waals surface area contributed by atoms with Crippen LogP contribution in [0.2, 0.25) is 10.0 Å². The van der Waals surface area contributed by atoms with E-state index in [1.54, 1.807) is 6.07 Å². The Morgan fingerprint density at radius 3 is 2.19 bits per heavy atom. The Hall–Kier alpha value is -0.810. The number of aliphatic hydroxyl groups is 2. The Kier molecular flexibility index (Phi) is 5.02. The fourth-order valence-corrected chi connectivity index (χ4v) is 1.69. The van der Waals surface area contributed by atoms with E-state index in [-0.39, 0.29) is 28.8 Å². The maximum atomic E-state index is 11.7. The highest BCUT2D eigenvalue weighted by Gasteiger charge is 2.17. The summed E-state index contributed by atoms with van der Waals surface area (Å²) in [7, 11) is 0. The van der Waals surface area contributed by atoms with Gasteiger partial charge < -0.3 is 15.5 Å². The highest BCUT2D eigenvalue weighted by atomic mass is 35.5. The third-order valence-electron chi connectivity index (χ3n) is 1.97. The van der Waals surface area contributed by atoms with Gasteiger partial charge in [0.15, 0.2) is 0 Å². The van der Waals surface area contributed by atoms with Gasteiger partial charge in [0.25, 0.3) is 5.91 Å². The fourth-order valence-electron chi connectivity index (χ4n) is 1.12. The van der Waals surface area contributed by atoms with Gasteiger partial charge in [0, 0.05) is 0 Å². The number of nitrogens with one attached hydrogen (secondary N) is 1. The number of carbonyl (C=O) groups is 1. The first-order chi connectivity index (χ1) is 7.60. The van der Waals surface area contributed by atoms with Gasteiger partial charge in [-0.15, -0.1) is 0 Å². The van der Waals surface area contributed by atoms with Crippen molar-refractivity contribution in [3.05, 3.63) is 33.8 Å². The Morgan fingerprint density at radius 2 is 1.75 bits per heavy atom. The molecule has 0 spiro atoms. The zero-order valence-electron chi connectivity index (χ0n) is 8.28. The summed E-state index contributed by atoms with van der Waals surface area (Å²) in [5, 5.41) is 20.5. The molecular weight excluding hydrogens is 253 g/mol. The monoisotopic (exact) mass is 263 g/mol. The van der Waals surface area contributed by atoms with Crippen molar-refractivity contribution in [3.63, 3.8) is 0 Å². The van der Waals surface area contributed by atoms with Crippen LogP contribution in [0, 0.1) is 0 Å². The summed E-state index contributed by atoms with van der Waals surface area (Å²) in [4.78, 5) is 11.7. The van der Waals surface area contributed by atoms with Gasteiger partial charge in [-0.25, -0.2) is 0 Å². The third-order valence-corrected chi connectivity index (χ3v) is 2.60. The minimum absolute atomic E-state index is 0.137. The summed E-state index contributed by atoms with van der Waals surface area (Å²) in [6.07, 6.45) is 0. The minimum Gasteiger partial charge on any atom is -0.394 e. The van der Waals surface area contributed by atoms with E-state index in [0.717, 1.165) is 0 Å². The van der Waals surface area contributed by atoms with E-state index in [4.69, 9.17) is 33.4 Å². The molecule has 0 bridgehead atoms. The predicted molar refractivity (Wildman–Crippen MR) is 61.9 cm³/mol. The van der Waals surface area contributed by atoms with Crippen LogP contribution in [0.25, 0.3) is 0 Å². The maximum Gasteiger partial charge on any atom is 0.254 e. The molecule has 0 fully saturated rings. The fraction of sp³-hybridized carbons (Fsp3) is 0.300. The Morgan fingerprint density at radius 1 is 1.25 bits per heavy atom. The predicted octanol–water partition coefficient (Wildman–Crippen LogP) is 1.08. The number of rotatable bonds is 4. The molecule has 1 rings (SSSR count). The number of amides is 1. The van der Waals surface area contributed by atoms with Crippen molar-refractivity contribution in [2.24, 2.45) is 0 Å². The molecule has 1 aromatic carbocycles. The molecular formula is C10H11Cl2NO3. The van der Waals surface area contributed by atoms with Crippen LogP contribution >= 0.6 is 23.2 Å². The molecule has 0 aliphatic rings. The molecule has 3 N–H and O–H groups in total. The summed E-state index contributed by atoms with van der Waals surface area (Å²) >= 11 is 11.6. The number of carbonyl (C=O) groups excluding carboxylic acids is 1. The van der Waals surface area contributed by atoms with Crippen molar-refractivity contribution < 1.29 is 15.0 Å². The third kappa shape index (κ3) is 3.09. The van der Waals surface area contributed by atoms with E-state index in [9.17, 15) is 4.79 Å². The second kappa shape index (κ2) is 6.06. The highest BCUT2D eigenvalue weighted by Crippen LogP contribution is 2.23. The Bertz CT molecular complexity index is 360. The van der Waals surface area contributed by atoms with Crippen LogP contribution in [0.15, 0.2) is 18.2 Å². The van der Waals surface area contributed by atoms with Crippen molar-refractivity contribution in [1.29, 1.82) is 0 Å². The van der Waals surface area contributed by atoms with E-state index in [0.29, 0.717) is 0 Å². The van der Waals surface area contributed by atoms with Gasteiger partial charge >= 0.3 is 0 Å². The molecule has 0 aliphatic carbocycles. The first kappa shape index (κ1) is 13.3. The van der Waals surface area contributed by atoms with Gasteiger partial charge in [-0.3, -0.25) is 4.79 Å². The largest absolute Gasteiger partial charge is 0.394 e. The first-order valence-corrected chi connectivity index (χ1v) is 5.32. The molecule has 1 amide bonds. The molecule has 88 valence electrons. The number of hydrogen-bond donors (Lipinski definition) is 3. The van der Waals surface area contributed by atoms with Crippen LogP contribution in [0.3, 0.4) is 0 Å². The number of halogens is 2. The second-order valence-electron chi connectivity index (χ2n) is 3.13. The van der Waals surface area contributed by atoms with Crippen LogP contribution in [-0.2, 0) is 0 Å². The zero-order valence-corrected chi connectivity index (χ0v) is 9.79. The van der Waals surface area contributed by atoms with Gasteiger partial charge in [-0.1, -0.05) is 29.3 Å². The molecule has 6 heteroatoms. The minimum atomic E-state index is -0.722. The summed E-state index contributed by atoms with van der Waals surface area (Å²) in [5.74, 6) is -0.524. The lowest BCUT2D eigenvalue weighted by Gasteiger charge is -2.14. The van der Waals surface area contributed by atoms with Crippen LogP contribution in [0.5, 0.6) is 0 Å². The molecule has 16 heavy (non-hydrogen) atoms. The van der Waals surface area contributed by atoms with Crippen LogP contribution in [0.1, 0.15) is 10.4 Å². The van der Waals surface area contributed by atoms with E-state index in [1.165, 1.54) is 12.1 Å². The van der Waals surface area contributed by atoms with Crippen molar-refractivity contribution in [2.45, 2.75) is 6.04 Å². The average molecular weight is 264 g/mol. The van der Waals surface area contributed by atoms with Gasteiger partial charge in [0.2, 0.25) is 0 Å². The SMILES string of the molecule is O=C(NC(CO)CO)c1c(Cl)cccc1Cl. The standard InChI is InChI=1S/C10H11Cl2NO3/c11-7-2-1-3-8(12)9(7)10(16)13-6(4-14)5-15/h1-3,6,14-15H,4-5H2,(H,13,16). The van der Waals surface area contributed by atoms with Gasteiger partial charge in [0.1, 0.15) is 0 Å².